The molecule has 1 amide bonds. The van der Waals surface area contributed by atoms with Gasteiger partial charge in [0.15, 0.2) is 0 Å². The zero-order valence-corrected chi connectivity index (χ0v) is 13.4. The van der Waals surface area contributed by atoms with E-state index in [1.165, 1.54) is 18.2 Å². The highest BCUT2D eigenvalue weighted by Crippen LogP contribution is 2.32. The molecule has 2 rings (SSSR count). The Morgan fingerprint density at radius 1 is 1.59 bits per heavy atom. The molecule has 3 atom stereocenters. The molecule has 22 heavy (non-hydrogen) atoms. The van der Waals surface area contributed by atoms with Gasteiger partial charge in [0, 0.05) is 22.7 Å². The molecule has 3 unspecified atom stereocenters. The lowest BCUT2D eigenvalue weighted by Crippen LogP contribution is -2.53. The van der Waals surface area contributed by atoms with Gasteiger partial charge in [-0.15, -0.1) is 0 Å². The first-order valence-electron chi connectivity index (χ1n) is 7.51. The largest absolute Gasteiger partial charge is 0.386 e. The molecule has 122 valence electrons. The second kappa shape index (κ2) is 6.94. The molecule has 0 spiro atoms. The van der Waals surface area contributed by atoms with Gasteiger partial charge in [-0.2, -0.15) is 0 Å². The third-order valence-corrected chi connectivity index (χ3v) is 4.70. The highest BCUT2D eigenvalue weighted by atomic mass is 35.5. The quantitative estimate of drug-likeness (QED) is 0.795. The number of nitrogens with two attached hydrogens (primary N) is 1. The summed E-state index contributed by atoms with van der Waals surface area (Å²) in [6, 6.07) is 4.20. The Kier molecular flexibility index (Phi) is 5.42. The van der Waals surface area contributed by atoms with Gasteiger partial charge >= 0.3 is 0 Å². The number of amides is 1. The van der Waals surface area contributed by atoms with Gasteiger partial charge in [-0.05, 0) is 31.9 Å². The molecular formula is C16H22ClFN2O2. The third-order valence-electron chi connectivity index (χ3n) is 4.37. The van der Waals surface area contributed by atoms with Crippen molar-refractivity contribution >= 4 is 17.5 Å². The Morgan fingerprint density at radius 3 is 2.95 bits per heavy atom. The minimum atomic E-state index is -1.19. The van der Waals surface area contributed by atoms with Crippen LogP contribution in [0, 0.1) is 11.7 Å². The Labute approximate surface area is 134 Å². The summed E-state index contributed by atoms with van der Waals surface area (Å²) in [4.78, 5) is 12.3. The first kappa shape index (κ1) is 17.2. The molecule has 0 heterocycles. The maximum absolute atomic E-state index is 13.7. The summed E-state index contributed by atoms with van der Waals surface area (Å²) in [5, 5.41) is 12.9. The smallest absolute Gasteiger partial charge is 0.225 e. The van der Waals surface area contributed by atoms with Crippen LogP contribution in [0.15, 0.2) is 18.2 Å². The molecule has 4 N–H and O–H groups in total. The van der Waals surface area contributed by atoms with E-state index in [2.05, 4.69) is 5.32 Å². The molecule has 1 aliphatic rings. The normalized spacial score (nSPS) is 26.5. The molecule has 6 heteroatoms. The van der Waals surface area contributed by atoms with Gasteiger partial charge in [0.05, 0.1) is 5.92 Å². The van der Waals surface area contributed by atoms with Crippen LogP contribution in [0.2, 0.25) is 5.02 Å². The number of rotatable bonds is 4. The number of benzene rings is 1. The number of aliphatic hydroxyl groups is 1. The summed E-state index contributed by atoms with van der Waals surface area (Å²) in [7, 11) is 0. The molecule has 1 aromatic rings. The van der Waals surface area contributed by atoms with Gasteiger partial charge < -0.3 is 16.2 Å². The molecule has 0 aromatic heterocycles. The van der Waals surface area contributed by atoms with Crippen molar-refractivity contribution in [1.29, 1.82) is 0 Å². The van der Waals surface area contributed by atoms with Gasteiger partial charge in [-0.1, -0.05) is 30.5 Å². The van der Waals surface area contributed by atoms with E-state index >= 15 is 0 Å². The summed E-state index contributed by atoms with van der Waals surface area (Å²) in [6.07, 6.45) is 2.32. The number of hydrogen-bond donors (Lipinski definition) is 3. The standard InChI is InChI=1S/C16H22ClFN2O2/c1-16(19)8-3-2-5-10(16)15(22)20-9-13(21)14-11(17)6-4-7-12(14)18/h4,6-7,10,13,21H,2-3,5,8-9,19H2,1H3,(H,20,22). The molecule has 0 radical (unpaired) electrons. The van der Waals surface area contributed by atoms with Crippen molar-refractivity contribution in [2.45, 2.75) is 44.2 Å². The van der Waals surface area contributed by atoms with Crippen molar-refractivity contribution in [2.75, 3.05) is 6.54 Å². The van der Waals surface area contributed by atoms with Gasteiger partial charge in [-0.25, -0.2) is 4.39 Å². The number of halogens is 2. The van der Waals surface area contributed by atoms with Crippen molar-refractivity contribution in [3.8, 4) is 0 Å². The van der Waals surface area contributed by atoms with E-state index < -0.39 is 17.5 Å². The second-order valence-electron chi connectivity index (χ2n) is 6.20. The highest BCUT2D eigenvalue weighted by Gasteiger charge is 2.37. The van der Waals surface area contributed by atoms with E-state index in [-0.39, 0.29) is 29.0 Å². The van der Waals surface area contributed by atoms with Gasteiger partial charge in [0.2, 0.25) is 5.91 Å². The van der Waals surface area contributed by atoms with E-state index in [1.807, 2.05) is 6.92 Å². The van der Waals surface area contributed by atoms with Crippen LogP contribution in [0.5, 0.6) is 0 Å². The number of hydrogen-bond acceptors (Lipinski definition) is 3. The fourth-order valence-corrected chi connectivity index (χ4v) is 3.33. The van der Waals surface area contributed by atoms with Crippen molar-refractivity contribution in [1.82, 2.24) is 5.32 Å². The molecule has 4 nitrogen and oxygen atoms in total. The molecular weight excluding hydrogens is 307 g/mol. The number of aliphatic hydroxyl groups excluding tert-OH is 1. The lowest BCUT2D eigenvalue weighted by molar-refractivity contribution is -0.128. The molecule has 1 saturated carbocycles. The number of carbonyl (C=O) groups excluding carboxylic acids is 1. The number of carbonyl (C=O) groups is 1. The van der Waals surface area contributed by atoms with E-state index in [9.17, 15) is 14.3 Å². The van der Waals surface area contributed by atoms with Crippen LogP contribution in [0.25, 0.3) is 0 Å². The van der Waals surface area contributed by atoms with Crippen LogP contribution < -0.4 is 11.1 Å². The lowest BCUT2D eigenvalue weighted by atomic mass is 9.74. The minimum absolute atomic E-state index is 0.00335. The van der Waals surface area contributed by atoms with Crippen LogP contribution in [0.1, 0.15) is 44.3 Å². The first-order chi connectivity index (χ1) is 10.3. The highest BCUT2D eigenvalue weighted by molar-refractivity contribution is 6.31. The van der Waals surface area contributed by atoms with Crippen LogP contribution in [0.3, 0.4) is 0 Å². The van der Waals surface area contributed by atoms with Crippen LogP contribution in [-0.2, 0) is 4.79 Å². The van der Waals surface area contributed by atoms with Gasteiger partial charge in [0.25, 0.3) is 0 Å². The molecule has 1 aromatic carbocycles. The van der Waals surface area contributed by atoms with Crippen LogP contribution >= 0.6 is 11.6 Å². The molecule has 0 bridgehead atoms. The minimum Gasteiger partial charge on any atom is -0.386 e. The zero-order chi connectivity index (χ0) is 16.3. The van der Waals surface area contributed by atoms with Crippen molar-refractivity contribution in [3.63, 3.8) is 0 Å². The Balaban J connectivity index is 1.99. The van der Waals surface area contributed by atoms with Crippen LogP contribution in [0.4, 0.5) is 4.39 Å². The van der Waals surface area contributed by atoms with E-state index in [0.717, 1.165) is 25.7 Å². The molecule has 0 saturated heterocycles. The Hall–Kier alpha value is -1.17. The predicted molar refractivity (Wildman–Crippen MR) is 83.9 cm³/mol. The van der Waals surface area contributed by atoms with E-state index in [4.69, 9.17) is 17.3 Å². The van der Waals surface area contributed by atoms with Crippen molar-refractivity contribution < 1.29 is 14.3 Å². The second-order valence-corrected chi connectivity index (χ2v) is 6.61. The van der Waals surface area contributed by atoms with Crippen LogP contribution in [-0.4, -0.2) is 23.1 Å². The Morgan fingerprint density at radius 2 is 2.32 bits per heavy atom. The molecule has 1 fully saturated rings. The SMILES string of the molecule is CC1(N)CCCCC1C(=O)NCC(O)c1c(F)cccc1Cl. The summed E-state index contributed by atoms with van der Waals surface area (Å²) < 4.78 is 13.7. The molecule has 0 aliphatic heterocycles. The predicted octanol–water partition coefficient (Wildman–Crippen LogP) is 2.54. The van der Waals surface area contributed by atoms with E-state index in [1.54, 1.807) is 0 Å². The lowest BCUT2D eigenvalue weighted by Gasteiger charge is -2.37. The number of nitrogens with one attached hydrogen (secondary N) is 1. The Bertz CT molecular complexity index is 531. The summed E-state index contributed by atoms with van der Waals surface area (Å²) in [6.45, 7) is 1.78. The maximum atomic E-state index is 13.7. The topological polar surface area (TPSA) is 75.4 Å². The fourth-order valence-electron chi connectivity index (χ4n) is 3.04. The first-order valence-corrected chi connectivity index (χ1v) is 7.89. The summed E-state index contributed by atoms with van der Waals surface area (Å²) >= 11 is 5.90. The average molecular weight is 329 g/mol. The summed E-state index contributed by atoms with van der Waals surface area (Å²) in [5.74, 6) is -1.07. The molecule has 1 aliphatic carbocycles. The summed E-state index contributed by atoms with van der Waals surface area (Å²) in [5.41, 5.74) is 5.65. The maximum Gasteiger partial charge on any atom is 0.225 e. The average Bonchev–Trinajstić information content (AvgIpc) is 2.44. The zero-order valence-electron chi connectivity index (χ0n) is 12.6. The van der Waals surface area contributed by atoms with E-state index in [0.29, 0.717) is 0 Å². The van der Waals surface area contributed by atoms with Gasteiger partial charge in [0.1, 0.15) is 11.9 Å². The van der Waals surface area contributed by atoms with Crippen molar-refractivity contribution in [2.24, 2.45) is 11.7 Å². The third kappa shape index (κ3) is 3.77. The fraction of sp³-hybridized carbons (Fsp3) is 0.562. The van der Waals surface area contributed by atoms with Gasteiger partial charge in [-0.3, -0.25) is 4.79 Å². The van der Waals surface area contributed by atoms with Crippen molar-refractivity contribution in [3.05, 3.63) is 34.6 Å². The monoisotopic (exact) mass is 328 g/mol.